The number of likely N-dealkylation sites (tertiary alicyclic amines) is 1. The molecule has 0 aromatic carbocycles. The maximum absolute atomic E-state index is 13.0. The summed E-state index contributed by atoms with van der Waals surface area (Å²) in [5.74, 6) is -0.369. The molecule has 11 nitrogen and oxygen atoms in total. The van der Waals surface area contributed by atoms with E-state index < -0.39 is 35.1 Å². The van der Waals surface area contributed by atoms with Crippen molar-refractivity contribution >= 4 is 24.1 Å². The van der Waals surface area contributed by atoms with E-state index in [-0.39, 0.29) is 17.6 Å². The highest BCUT2D eigenvalue weighted by Gasteiger charge is 2.39. The van der Waals surface area contributed by atoms with E-state index in [9.17, 15) is 14.4 Å². The molecule has 1 saturated heterocycles. The number of nitrogens with zero attached hydrogens (tertiary/aromatic N) is 4. The summed E-state index contributed by atoms with van der Waals surface area (Å²) in [6, 6.07) is 0. The van der Waals surface area contributed by atoms with E-state index in [1.807, 2.05) is 0 Å². The van der Waals surface area contributed by atoms with Gasteiger partial charge in [0.25, 0.3) is 5.88 Å². The fourth-order valence-corrected chi connectivity index (χ4v) is 2.87. The van der Waals surface area contributed by atoms with Crippen LogP contribution in [-0.2, 0) is 14.2 Å². The Bertz CT molecular complexity index is 895. The molecule has 2 rings (SSSR count). The lowest BCUT2D eigenvalue weighted by Gasteiger charge is -2.39. The van der Waals surface area contributed by atoms with Crippen molar-refractivity contribution in [3.05, 3.63) is 11.9 Å². The van der Waals surface area contributed by atoms with E-state index in [0.29, 0.717) is 23.7 Å². The van der Waals surface area contributed by atoms with Gasteiger partial charge in [0.05, 0.1) is 19.0 Å². The zero-order valence-electron chi connectivity index (χ0n) is 21.7. The number of carbonyl (C=O) groups excluding carboxylic acids is 3. The molecule has 3 amide bonds. The van der Waals surface area contributed by atoms with Crippen LogP contribution in [0.2, 0.25) is 0 Å². The fourth-order valence-electron chi connectivity index (χ4n) is 2.87. The van der Waals surface area contributed by atoms with Gasteiger partial charge in [-0.1, -0.05) is 0 Å². The van der Waals surface area contributed by atoms with Gasteiger partial charge in [0.2, 0.25) is 5.82 Å². The van der Waals surface area contributed by atoms with Gasteiger partial charge >= 0.3 is 18.3 Å². The minimum absolute atomic E-state index is 0.0520. The summed E-state index contributed by atoms with van der Waals surface area (Å²) in [6.45, 7) is 16.2. The van der Waals surface area contributed by atoms with Crippen LogP contribution in [0.3, 0.4) is 0 Å². The van der Waals surface area contributed by atoms with Crippen molar-refractivity contribution in [2.75, 3.05) is 25.1 Å². The lowest BCUT2D eigenvalue weighted by molar-refractivity contribution is 0.00782. The van der Waals surface area contributed by atoms with Gasteiger partial charge in [-0.05, 0) is 62.3 Å². The number of rotatable bonds is 3. The van der Waals surface area contributed by atoms with Gasteiger partial charge in [0.1, 0.15) is 16.8 Å². The number of carbonyl (C=O) groups is 3. The van der Waals surface area contributed by atoms with Crippen molar-refractivity contribution in [3.8, 4) is 5.88 Å². The minimum Gasteiger partial charge on any atom is -0.478 e. The molecular weight excluding hydrogens is 444 g/mol. The number of anilines is 1. The molecule has 1 aromatic heterocycles. The summed E-state index contributed by atoms with van der Waals surface area (Å²) in [4.78, 5) is 49.2. The van der Waals surface area contributed by atoms with Crippen LogP contribution in [0, 0.1) is 0 Å². The van der Waals surface area contributed by atoms with E-state index >= 15 is 0 Å². The number of aromatic nitrogens is 2. The molecule has 2 heterocycles. The minimum atomic E-state index is -0.976. The molecule has 190 valence electrons. The fraction of sp³-hybridized carbons (Fsp3) is 0.696. The first-order valence-electron chi connectivity index (χ1n) is 11.0. The molecule has 0 radical (unpaired) electrons. The van der Waals surface area contributed by atoms with Crippen molar-refractivity contribution in [2.24, 2.45) is 0 Å². The third kappa shape index (κ3) is 7.46. The summed E-state index contributed by atoms with van der Waals surface area (Å²) >= 11 is 0. The first-order valence-corrected chi connectivity index (χ1v) is 11.0. The zero-order valence-corrected chi connectivity index (χ0v) is 21.7. The highest BCUT2D eigenvalue weighted by atomic mass is 16.6. The molecule has 11 heteroatoms. The van der Waals surface area contributed by atoms with Gasteiger partial charge in [-0.2, -0.15) is 4.90 Å². The van der Waals surface area contributed by atoms with E-state index in [0.717, 1.165) is 0 Å². The number of amides is 3. The van der Waals surface area contributed by atoms with Gasteiger partial charge in [0.15, 0.2) is 0 Å². The number of hydrogen-bond acceptors (Lipinski definition) is 9. The Balaban J connectivity index is 2.35. The van der Waals surface area contributed by atoms with Crippen LogP contribution in [0.4, 0.5) is 20.2 Å². The van der Waals surface area contributed by atoms with E-state index in [2.05, 4.69) is 9.97 Å². The second-order valence-electron chi connectivity index (χ2n) is 11.0. The Morgan fingerprint density at radius 1 is 0.882 bits per heavy atom. The number of hydrogen-bond donors (Lipinski definition) is 0. The largest absolute Gasteiger partial charge is 0.478 e. The smallest absolute Gasteiger partial charge is 0.425 e. The maximum Gasteiger partial charge on any atom is 0.425 e. The van der Waals surface area contributed by atoms with Crippen molar-refractivity contribution in [2.45, 2.75) is 85.0 Å². The summed E-state index contributed by atoms with van der Waals surface area (Å²) < 4.78 is 21.5. The van der Waals surface area contributed by atoms with Gasteiger partial charge in [0, 0.05) is 19.0 Å². The van der Waals surface area contributed by atoms with Gasteiger partial charge in [-0.15, -0.1) is 0 Å². The number of methoxy groups -OCH3 is 1. The van der Waals surface area contributed by atoms with Crippen LogP contribution in [0.5, 0.6) is 5.88 Å². The Labute approximate surface area is 200 Å². The summed E-state index contributed by atoms with van der Waals surface area (Å²) in [7, 11) is 1.35. The third-order valence-corrected chi connectivity index (χ3v) is 4.25. The quantitative estimate of drug-likeness (QED) is 0.576. The molecule has 0 aliphatic carbocycles. The first kappa shape index (κ1) is 27.1. The average molecular weight is 481 g/mol. The molecular formula is C23H36N4O7. The highest BCUT2D eigenvalue weighted by molar-refractivity contribution is 6.09. The van der Waals surface area contributed by atoms with Crippen LogP contribution in [0.15, 0.2) is 6.20 Å². The molecule has 0 bridgehead atoms. The SMILES string of the molecule is COc1ncc(C2CN(C(=O)OC(C)(C)C)C2)nc1N(C(=O)OC(C)(C)C)C(=O)OC(C)(C)C. The van der Waals surface area contributed by atoms with E-state index in [1.165, 1.54) is 13.3 Å². The third-order valence-electron chi connectivity index (χ3n) is 4.25. The second-order valence-corrected chi connectivity index (χ2v) is 11.0. The van der Waals surface area contributed by atoms with Crippen molar-refractivity contribution in [3.63, 3.8) is 0 Å². The predicted octanol–water partition coefficient (Wildman–Crippen LogP) is 4.50. The first-order chi connectivity index (χ1) is 15.4. The zero-order chi connectivity index (χ0) is 26.1. The Morgan fingerprint density at radius 3 is 1.76 bits per heavy atom. The lowest BCUT2D eigenvalue weighted by atomic mass is 9.97. The van der Waals surface area contributed by atoms with Gasteiger partial charge in [-0.3, -0.25) is 0 Å². The molecule has 1 aromatic rings. The molecule has 0 unspecified atom stereocenters. The standard InChI is InChI=1S/C23H36N4O7/c1-21(2,3)32-18(28)26-12-14(13-26)15-11-24-17(31-10)16(25-15)27(19(29)33-22(4,5)6)20(30)34-23(7,8)9/h11,14H,12-13H2,1-10H3. The normalized spacial score (nSPS) is 14.7. The van der Waals surface area contributed by atoms with Crippen LogP contribution in [0.25, 0.3) is 0 Å². The topological polar surface area (TPSA) is 120 Å². The van der Waals surface area contributed by atoms with Crippen LogP contribution >= 0.6 is 0 Å². The maximum atomic E-state index is 13.0. The predicted molar refractivity (Wildman–Crippen MR) is 124 cm³/mol. The molecule has 1 fully saturated rings. The molecule has 1 aliphatic rings. The van der Waals surface area contributed by atoms with E-state index in [4.69, 9.17) is 18.9 Å². The highest BCUT2D eigenvalue weighted by Crippen LogP contribution is 2.32. The Kier molecular flexibility index (Phi) is 7.69. The number of imide groups is 1. The summed E-state index contributed by atoms with van der Waals surface area (Å²) in [6.07, 6.45) is -0.887. The monoisotopic (exact) mass is 480 g/mol. The second kappa shape index (κ2) is 9.63. The Morgan fingerprint density at radius 2 is 1.35 bits per heavy atom. The molecule has 34 heavy (non-hydrogen) atoms. The van der Waals surface area contributed by atoms with Gasteiger partial charge < -0.3 is 23.8 Å². The van der Waals surface area contributed by atoms with Gasteiger partial charge in [-0.25, -0.2) is 24.4 Å². The van der Waals surface area contributed by atoms with Crippen LogP contribution < -0.4 is 9.64 Å². The number of ether oxygens (including phenoxy) is 4. The van der Waals surface area contributed by atoms with Crippen LogP contribution in [0.1, 0.15) is 73.9 Å². The van der Waals surface area contributed by atoms with Crippen molar-refractivity contribution < 1.29 is 33.3 Å². The molecule has 0 spiro atoms. The lowest BCUT2D eigenvalue weighted by Crippen LogP contribution is -2.50. The molecule has 1 aliphatic heterocycles. The molecule has 0 N–H and O–H groups in total. The summed E-state index contributed by atoms with van der Waals surface area (Å²) in [5.41, 5.74) is -1.88. The van der Waals surface area contributed by atoms with Crippen molar-refractivity contribution in [1.82, 2.24) is 14.9 Å². The molecule has 0 saturated carbocycles. The summed E-state index contributed by atoms with van der Waals surface area (Å²) in [5, 5.41) is 0. The average Bonchev–Trinajstić information content (AvgIpc) is 2.56. The van der Waals surface area contributed by atoms with Crippen molar-refractivity contribution in [1.29, 1.82) is 0 Å². The molecule has 0 atom stereocenters. The van der Waals surface area contributed by atoms with E-state index in [1.54, 1.807) is 67.2 Å². The van der Waals surface area contributed by atoms with Crippen LogP contribution in [-0.4, -0.2) is 70.2 Å². The Hall–Kier alpha value is -3.11.